The van der Waals surface area contributed by atoms with Gasteiger partial charge in [-0.25, -0.2) is 9.37 Å². The fourth-order valence-corrected chi connectivity index (χ4v) is 2.65. The summed E-state index contributed by atoms with van der Waals surface area (Å²) < 4.78 is 13.0. The Bertz CT molecular complexity index is 906. The van der Waals surface area contributed by atoms with E-state index in [0.717, 1.165) is 5.56 Å². The van der Waals surface area contributed by atoms with Gasteiger partial charge >= 0.3 is 0 Å². The molecule has 4 nitrogen and oxygen atoms in total. The monoisotopic (exact) mass is 363 g/mol. The summed E-state index contributed by atoms with van der Waals surface area (Å²) in [5, 5.41) is 6.08. The number of nitrogens with one attached hydrogen (secondary N) is 2. The fraction of sp³-hybridized carbons (Fsp3) is 0.182. The van der Waals surface area contributed by atoms with Crippen molar-refractivity contribution in [2.75, 3.05) is 10.6 Å². The van der Waals surface area contributed by atoms with Crippen LogP contribution in [-0.4, -0.2) is 10.9 Å². The molecule has 27 heavy (non-hydrogen) atoms. The third kappa shape index (κ3) is 4.91. The van der Waals surface area contributed by atoms with Crippen LogP contribution in [-0.2, 0) is 6.54 Å². The van der Waals surface area contributed by atoms with Gasteiger partial charge in [0.1, 0.15) is 11.6 Å². The summed E-state index contributed by atoms with van der Waals surface area (Å²) in [5.41, 5.74) is 3.29. The summed E-state index contributed by atoms with van der Waals surface area (Å²) in [6.45, 7) is 4.71. The predicted molar refractivity (Wildman–Crippen MR) is 106 cm³/mol. The van der Waals surface area contributed by atoms with Crippen LogP contribution < -0.4 is 10.6 Å². The number of halogens is 1. The number of carbonyl (C=O) groups is 1. The third-order valence-corrected chi connectivity index (χ3v) is 4.27. The summed E-state index contributed by atoms with van der Waals surface area (Å²) in [7, 11) is 0. The van der Waals surface area contributed by atoms with Crippen LogP contribution in [0.1, 0.15) is 41.3 Å². The van der Waals surface area contributed by atoms with E-state index in [2.05, 4.69) is 29.5 Å². The minimum Gasteiger partial charge on any atom is -0.364 e. The maximum Gasteiger partial charge on any atom is 0.255 e. The molecule has 1 amide bonds. The van der Waals surface area contributed by atoms with Crippen LogP contribution >= 0.6 is 0 Å². The number of benzene rings is 2. The van der Waals surface area contributed by atoms with Crippen molar-refractivity contribution < 1.29 is 9.18 Å². The van der Waals surface area contributed by atoms with Crippen LogP contribution in [0.2, 0.25) is 0 Å². The second-order valence-corrected chi connectivity index (χ2v) is 6.61. The number of nitrogens with zero attached hydrogens (tertiary/aromatic N) is 1. The van der Waals surface area contributed by atoms with Gasteiger partial charge in [0.05, 0.1) is 5.69 Å². The first-order valence-corrected chi connectivity index (χ1v) is 8.87. The number of pyridine rings is 1. The van der Waals surface area contributed by atoms with Crippen LogP contribution in [0.5, 0.6) is 0 Å². The molecule has 3 aromatic rings. The van der Waals surface area contributed by atoms with Crippen molar-refractivity contribution in [3.63, 3.8) is 0 Å². The maximum atomic E-state index is 13.0. The molecule has 138 valence electrons. The topological polar surface area (TPSA) is 54.0 Å². The Morgan fingerprint density at radius 1 is 1.04 bits per heavy atom. The van der Waals surface area contributed by atoms with E-state index in [0.29, 0.717) is 29.5 Å². The average molecular weight is 363 g/mol. The number of aromatic nitrogens is 1. The molecule has 0 spiro atoms. The van der Waals surface area contributed by atoms with Gasteiger partial charge in [-0.3, -0.25) is 4.79 Å². The molecule has 0 fully saturated rings. The van der Waals surface area contributed by atoms with Crippen molar-refractivity contribution in [2.45, 2.75) is 26.3 Å². The van der Waals surface area contributed by atoms with Crippen LogP contribution in [0.15, 0.2) is 66.9 Å². The zero-order chi connectivity index (χ0) is 19.2. The largest absolute Gasteiger partial charge is 0.364 e. The van der Waals surface area contributed by atoms with Crippen LogP contribution in [0, 0.1) is 5.82 Å². The van der Waals surface area contributed by atoms with Crippen LogP contribution in [0.3, 0.4) is 0 Å². The molecule has 1 aromatic heterocycles. The van der Waals surface area contributed by atoms with E-state index < -0.39 is 0 Å². The predicted octanol–water partition coefficient (Wildman–Crippen LogP) is 5.21. The molecule has 3 rings (SSSR count). The van der Waals surface area contributed by atoms with E-state index in [9.17, 15) is 9.18 Å². The Labute approximate surface area is 158 Å². The number of carbonyl (C=O) groups excluding carboxylic acids is 1. The van der Waals surface area contributed by atoms with Crippen molar-refractivity contribution >= 4 is 17.4 Å². The van der Waals surface area contributed by atoms with Crippen molar-refractivity contribution in [1.82, 2.24) is 4.98 Å². The Hall–Kier alpha value is -3.21. The number of amides is 1. The Morgan fingerprint density at radius 2 is 1.74 bits per heavy atom. The Morgan fingerprint density at radius 3 is 2.41 bits per heavy atom. The second kappa shape index (κ2) is 8.45. The molecular formula is C22H22FN3O. The minimum absolute atomic E-state index is 0.192. The molecule has 1 heterocycles. The lowest BCUT2D eigenvalue weighted by Gasteiger charge is -2.12. The molecule has 0 bridgehead atoms. The van der Waals surface area contributed by atoms with Gasteiger partial charge in [0.15, 0.2) is 0 Å². The van der Waals surface area contributed by atoms with E-state index in [4.69, 9.17) is 0 Å². The van der Waals surface area contributed by atoms with Gasteiger partial charge in [-0.1, -0.05) is 38.1 Å². The van der Waals surface area contributed by atoms with E-state index in [-0.39, 0.29) is 11.7 Å². The van der Waals surface area contributed by atoms with Crippen LogP contribution in [0.4, 0.5) is 15.9 Å². The first-order valence-electron chi connectivity index (χ1n) is 8.87. The quantitative estimate of drug-likeness (QED) is 0.632. The smallest absolute Gasteiger partial charge is 0.255 e. The highest BCUT2D eigenvalue weighted by Gasteiger charge is 2.10. The molecule has 2 aromatic carbocycles. The van der Waals surface area contributed by atoms with Gasteiger partial charge in [0.2, 0.25) is 0 Å². The summed E-state index contributed by atoms with van der Waals surface area (Å²) in [4.78, 5) is 16.8. The van der Waals surface area contributed by atoms with E-state index in [1.54, 1.807) is 30.5 Å². The van der Waals surface area contributed by atoms with E-state index in [1.807, 2.05) is 24.3 Å². The van der Waals surface area contributed by atoms with Gasteiger partial charge in [0, 0.05) is 18.3 Å². The molecule has 0 unspecified atom stereocenters. The van der Waals surface area contributed by atoms with Gasteiger partial charge in [-0.2, -0.15) is 0 Å². The van der Waals surface area contributed by atoms with Gasteiger partial charge in [-0.15, -0.1) is 0 Å². The molecule has 2 N–H and O–H groups in total. The van der Waals surface area contributed by atoms with E-state index >= 15 is 0 Å². The van der Waals surface area contributed by atoms with Crippen molar-refractivity contribution in [3.8, 4) is 0 Å². The highest BCUT2D eigenvalue weighted by Crippen LogP contribution is 2.21. The van der Waals surface area contributed by atoms with Crippen molar-refractivity contribution in [1.29, 1.82) is 0 Å². The molecular weight excluding hydrogens is 341 g/mol. The molecule has 0 radical (unpaired) electrons. The van der Waals surface area contributed by atoms with E-state index in [1.165, 1.54) is 17.7 Å². The lowest BCUT2D eigenvalue weighted by atomic mass is 10.0. The van der Waals surface area contributed by atoms with Gasteiger partial charge in [0.25, 0.3) is 5.91 Å². The summed E-state index contributed by atoms with van der Waals surface area (Å²) in [5.74, 6) is 0.521. The summed E-state index contributed by atoms with van der Waals surface area (Å²) in [6, 6.07) is 17.4. The van der Waals surface area contributed by atoms with Gasteiger partial charge < -0.3 is 10.6 Å². The first kappa shape index (κ1) is 18.6. The molecule has 0 saturated carbocycles. The van der Waals surface area contributed by atoms with Crippen LogP contribution in [0.25, 0.3) is 0 Å². The normalized spacial score (nSPS) is 10.7. The number of anilines is 2. The molecule has 0 aliphatic heterocycles. The second-order valence-electron chi connectivity index (χ2n) is 6.61. The number of hydrogen-bond donors (Lipinski definition) is 2. The first-order chi connectivity index (χ1) is 13.0. The molecule has 0 saturated heterocycles. The van der Waals surface area contributed by atoms with Crippen molar-refractivity contribution in [2.24, 2.45) is 0 Å². The van der Waals surface area contributed by atoms with Gasteiger partial charge in [-0.05, 0) is 53.4 Å². The lowest BCUT2D eigenvalue weighted by Crippen LogP contribution is -2.14. The fourth-order valence-electron chi connectivity index (χ4n) is 2.65. The van der Waals surface area contributed by atoms with Crippen molar-refractivity contribution in [3.05, 3.63) is 89.4 Å². The highest BCUT2D eigenvalue weighted by atomic mass is 19.1. The highest BCUT2D eigenvalue weighted by molar-refractivity contribution is 6.05. The Kier molecular flexibility index (Phi) is 5.81. The lowest BCUT2D eigenvalue weighted by molar-refractivity contribution is 0.102. The third-order valence-electron chi connectivity index (χ3n) is 4.27. The standard InChI is InChI=1S/C22H22FN3O/c1-15(2)17-7-9-18(10-8-17)22(27)26-20-4-3-13-24-21(20)25-14-16-5-11-19(23)12-6-16/h3-13,15H,14H2,1-2H3,(H,24,25)(H,26,27). The summed E-state index contributed by atoms with van der Waals surface area (Å²) in [6.07, 6.45) is 1.65. The molecule has 0 atom stereocenters. The molecule has 5 heteroatoms. The summed E-state index contributed by atoms with van der Waals surface area (Å²) >= 11 is 0. The molecule has 0 aliphatic carbocycles. The average Bonchev–Trinajstić information content (AvgIpc) is 2.68. The maximum absolute atomic E-state index is 13.0. The zero-order valence-corrected chi connectivity index (χ0v) is 15.4. The molecule has 0 aliphatic rings. The minimum atomic E-state index is -0.270. The number of hydrogen-bond acceptors (Lipinski definition) is 3. The SMILES string of the molecule is CC(C)c1ccc(C(=O)Nc2cccnc2NCc2ccc(F)cc2)cc1. The number of rotatable bonds is 6. The zero-order valence-electron chi connectivity index (χ0n) is 15.4. The Balaban J connectivity index is 1.69.